The van der Waals surface area contributed by atoms with E-state index in [1.807, 2.05) is 0 Å². The summed E-state index contributed by atoms with van der Waals surface area (Å²) in [5.74, 6) is -0.467. The van der Waals surface area contributed by atoms with Gasteiger partial charge in [0, 0.05) is 11.8 Å². The average molecular weight is 246 g/mol. The van der Waals surface area contributed by atoms with Gasteiger partial charge in [0.15, 0.2) is 6.23 Å². The SMILES string of the molecule is CC(=O)N[C@H]1[C@H](O)[C@H](O)[C@@H](CO)O[C@H]1N=[N+]=[N-]. The number of nitrogens with zero attached hydrogens (tertiary/aromatic N) is 3. The smallest absolute Gasteiger partial charge is 0.217 e. The first-order valence-corrected chi connectivity index (χ1v) is 4.95. The lowest BCUT2D eigenvalue weighted by molar-refractivity contribution is -0.193. The second-order valence-electron chi connectivity index (χ2n) is 3.66. The van der Waals surface area contributed by atoms with Crippen LogP contribution < -0.4 is 5.32 Å². The van der Waals surface area contributed by atoms with Crippen molar-refractivity contribution < 1.29 is 24.9 Å². The van der Waals surface area contributed by atoms with Gasteiger partial charge >= 0.3 is 0 Å². The summed E-state index contributed by atoms with van der Waals surface area (Å²) >= 11 is 0. The molecule has 1 heterocycles. The van der Waals surface area contributed by atoms with Crippen LogP contribution in [0.25, 0.3) is 10.4 Å². The van der Waals surface area contributed by atoms with Crippen molar-refractivity contribution >= 4 is 5.91 Å². The summed E-state index contributed by atoms with van der Waals surface area (Å²) in [6.45, 7) is 0.673. The van der Waals surface area contributed by atoms with Crippen molar-refractivity contribution in [3.05, 3.63) is 10.4 Å². The molecule has 0 aromatic heterocycles. The number of aliphatic hydroxyl groups is 3. The first-order valence-electron chi connectivity index (χ1n) is 4.95. The maximum Gasteiger partial charge on any atom is 0.217 e. The number of amides is 1. The van der Waals surface area contributed by atoms with Crippen molar-refractivity contribution in [2.45, 2.75) is 37.5 Å². The van der Waals surface area contributed by atoms with E-state index in [2.05, 4.69) is 15.3 Å². The molecule has 9 nitrogen and oxygen atoms in total. The second-order valence-corrected chi connectivity index (χ2v) is 3.66. The number of azide groups is 1. The van der Waals surface area contributed by atoms with Crippen molar-refractivity contribution in [3.63, 3.8) is 0 Å². The van der Waals surface area contributed by atoms with Crippen LogP contribution in [-0.2, 0) is 9.53 Å². The van der Waals surface area contributed by atoms with E-state index < -0.39 is 43.1 Å². The summed E-state index contributed by atoms with van der Waals surface area (Å²) in [7, 11) is 0. The number of nitrogens with one attached hydrogen (secondary N) is 1. The van der Waals surface area contributed by atoms with Crippen molar-refractivity contribution in [2.75, 3.05) is 6.61 Å². The van der Waals surface area contributed by atoms with Crippen molar-refractivity contribution in [2.24, 2.45) is 5.11 Å². The van der Waals surface area contributed by atoms with Gasteiger partial charge in [-0.1, -0.05) is 5.11 Å². The molecule has 1 aliphatic rings. The van der Waals surface area contributed by atoms with Gasteiger partial charge < -0.3 is 25.4 Å². The molecule has 17 heavy (non-hydrogen) atoms. The van der Waals surface area contributed by atoms with Crippen LogP contribution in [0.1, 0.15) is 6.92 Å². The minimum absolute atomic E-state index is 0.467. The van der Waals surface area contributed by atoms with E-state index in [4.69, 9.17) is 15.4 Å². The summed E-state index contributed by atoms with van der Waals surface area (Å²) in [4.78, 5) is 13.4. The summed E-state index contributed by atoms with van der Waals surface area (Å²) < 4.78 is 5.08. The highest BCUT2D eigenvalue weighted by molar-refractivity contribution is 5.73. The topological polar surface area (TPSA) is 148 Å². The molecule has 1 saturated heterocycles. The van der Waals surface area contributed by atoms with Crippen molar-refractivity contribution in [1.29, 1.82) is 0 Å². The van der Waals surface area contributed by atoms with Crippen LogP contribution >= 0.6 is 0 Å². The fourth-order valence-electron chi connectivity index (χ4n) is 1.64. The Balaban J connectivity index is 2.90. The highest BCUT2D eigenvalue weighted by Crippen LogP contribution is 2.22. The second kappa shape index (κ2) is 5.80. The van der Waals surface area contributed by atoms with E-state index >= 15 is 0 Å². The van der Waals surface area contributed by atoms with Crippen LogP contribution in [0, 0.1) is 0 Å². The van der Waals surface area contributed by atoms with E-state index in [1.54, 1.807) is 0 Å². The van der Waals surface area contributed by atoms with Gasteiger partial charge in [-0.25, -0.2) is 0 Å². The Labute approximate surface area is 96.6 Å². The standard InChI is InChI=1S/C8H14N4O5/c1-3(14)10-5-7(16)6(15)4(2-13)17-8(5)11-12-9/h4-8,13,15-16H,2H2,1H3,(H,10,14)/t4-,5+,6-,7+,8-/m1/s1. The Kier molecular flexibility index (Phi) is 4.67. The molecule has 1 fully saturated rings. The van der Waals surface area contributed by atoms with Gasteiger partial charge in [-0.15, -0.1) is 0 Å². The van der Waals surface area contributed by atoms with Gasteiger partial charge in [-0.2, -0.15) is 0 Å². The zero-order valence-corrected chi connectivity index (χ0v) is 9.09. The first kappa shape index (κ1) is 13.7. The molecule has 96 valence electrons. The molecule has 0 bridgehead atoms. The predicted octanol–water partition coefficient (Wildman–Crippen LogP) is -1.76. The predicted molar refractivity (Wildman–Crippen MR) is 54.5 cm³/mol. The molecule has 0 spiro atoms. The zero-order valence-electron chi connectivity index (χ0n) is 9.09. The first-order chi connectivity index (χ1) is 8.01. The Bertz CT molecular complexity index is 332. The van der Waals surface area contributed by atoms with Crippen LogP contribution in [0.2, 0.25) is 0 Å². The summed E-state index contributed by atoms with van der Waals surface area (Å²) in [5, 5.41) is 33.8. The average Bonchev–Trinajstić information content (AvgIpc) is 2.28. The monoisotopic (exact) mass is 246 g/mol. The molecule has 5 atom stereocenters. The molecule has 4 N–H and O–H groups in total. The Morgan fingerprint density at radius 3 is 2.65 bits per heavy atom. The summed E-state index contributed by atoms with van der Waals surface area (Å²) in [6.07, 6.45) is -5.01. The van der Waals surface area contributed by atoms with Crippen LogP contribution in [0.5, 0.6) is 0 Å². The van der Waals surface area contributed by atoms with Crippen LogP contribution in [0.15, 0.2) is 5.11 Å². The quantitative estimate of drug-likeness (QED) is 0.264. The third kappa shape index (κ3) is 3.05. The summed E-state index contributed by atoms with van der Waals surface area (Å²) in [6, 6.07) is -1.05. The molecule has 1 aliphatic heterocycles. The number of ether oxygens (including phenoxy) is 1. The van der Waals surface area contributed by atoms with Crippen LogP contribution in [-0.4, -0.2) is 58.4 Å². The van der Waals surface area contributed by atoms with Crippen molar-refractivity contribution in [3.8, 4) is 0 Å². The van der Waals surface area contributed by atoms with Gasteiger partial charge in [0.25, 0.3) is 0 Å². The van der Waals surface area contributed by atoms with E-state index in [-0.39, 0.29) is 0 Å². The highest BCUT2D eigenvalue weighted by Gasteiger charge is 2.44. The van der Waals surface area contributed by atoms with Crippen LogP contribution in [0.4, 0.5) is 0 Å². The number of hydrogen-bond acceptors (Lipinski definition) is 6. The molecule has 1 amide bonds. The van der Waals surface area contributed by atoms with Gasteiger partial charge in [0.2, 0.25) is 5.91 Å². The highest BCUT2D eigenvalue weighted by atomic mass is 16.5. The van der Waals surface area contributed by atoms with E-state index in [9.17, 15) is 15.0 Å². The maximum atomic E-state index is 10.9. The van der Waals surface area contributed by atoms with E-state index in [1.165, 1.54) is 6.92 Å². The number of aliphatic hydroxyl groups excluding tert-OH is 3. The van der Waals surface area contributed by atoms with E-state index in [0.29, 0.717) is 0 Å². The normalized spacial score (nSPS) is 37.1. The van der Waals surface area contributed by atoms with Crippen molar-refractivity contribution in [1.82, 2.24) is 5.32 Å². The van der Waals surface area contributed by atoms with E-state index in [0.717, 1.165) is 0 Å². The number of hydrogen-bond donors (Lipinski definition) is 4. The zero-order chi connectivity index (χ0) is 13.0. The minimum Gasteiger partial charge on any atom is -0.394 e. The minimum atomic E-state index is -1.39. The number of carbonyl (C=O) groups is 1. The molecular formula is C8H14N4O5. The van der Waals surface area contributed by atoms with Gasteiger partial charge in [0.1, 0.15) is 18.3 Å². The molecular weight excluding hydrogens is 232 g/mol. The molecule has 0 saturated carbocycles. The lowest BCUT2D eigenvalue weighted by atomic mass is 9.96. The number of carbonyl (C=O) groups excluding carboxylic acids is 1. The third-order valence-electron chi connectivity index (χ3n) is 2.44. The largest absolute Gasteiger partial charge is 0.394 e. The third-order valence-corrected chi connectivity index (χ3v) is 2.44. The molecule has 1 rings (SSSR count). The summed E-state index contributed by atoms with van der Waals surface area (Å²) in [5.41, 5.74) is 8.34. The lowest BCUT2D eigenvalue weighted by Gasteiger charge is -2.40. The Morgan fingerprint density at radius 1 is 1.53 bits per heavy atom. The maximum absolute atomic E-state index is 10.9. The fraction of sp³-hybridized carbons (Fsp3) is 0.875. The van der Waals surface area contributed by atoms with Gasteiger partial charge in [-0.05, 0) is 5.53 Å². The Morgan fingerprint density at radius 2 is 2.18 bits per heavy atom. The lowest BCUT2D eigenvalue weighted by Crippen LogP contribution is -2.63. The molecule has 0 unspecified atom stereocenters. The Hall–Kier alpha value is -1.38. The fourth-order valence-corrected chi connectivity index (χ4v) is 1.64. The molecule has 0 aliphatic carbocycles. The molecule has 9 heteroatoms. The van der Waals surface area contributed by atoms with Gasteiger partial charge in [-0.3, -0.25) is 4.79 Å². The molecule has 0 aromatic carbocycles. The van der Waals surface area contributed by atoms with Gasteiger partial charge in [0.05, 0.1) is 12.6 Å². The van der Waals surface area contributed by atoms with Crippen LogP contribution in [0.3, 0.4) is 0 Å². The molecule has 0 radical (unpaired) electrons. The number of rotatable bonds is 3. The molecule has 0 aromatic rings.